The second-order valence-electron chi connectivity index (χ2n) is 2.22. The first-order valence-corrected chi connectivity index (χ1v) is 4.02. The fraction of sp³-hybridized carbons (Fsp3) is 0.625. The van der Waals surface area contributed by atoms with Crippen LogP contribution in [-0.4, -0.2) is 13.1 Å². The van der Waals surface area contributed by atoms with Crippen LogP contribution < -0.4 is 0 Å². The minimum absolute atomic E-state index is 0.383. The maximum absolute atomic E-state index is 10.6. The molecule has 0 aliphatic rings. The highest BCUT2D eigenvalue weighted by Crippen LogP contribution is 2.11. The molecular weight excluding hydrogens is 164 g/mol. The SMILES string of the molecule is CCCC/C(Cl)=C/C(=O)OC. The number of hydrogen-bond donors (Lipinski definition) is 0. The highest BCUT2D eigenvalue weighted by molar-refractivity contribution is 6.30. The van der Waals surface area contributed by atoms with Crippen molar-refractivity contribution in [2.24, 2.45) is 0 Å². The van der Waals surface area contributed by atoms with E-state index in [1.807, 2.05) is 0 Å². The Balaban J connectivity index is 3.70. The molecular formula is C8H13ClO2. The van der Waals surface area contributed by atoms with Crippen molar-refractivity contribution in [3.63, 3.8) is 0 Å². The van der Waals surface area contributed by atoms with Gasteiger partial charge in [-0.3, -0.25) is 0 Å². The molecule has 0 aromatic rings. The molecule has 0 aromatic heterocycles. The van der Waals surface area contributed by atoms with Crippen molar-refractivity contribution in [3.8, 4) is 0 Å². The van der Waals surface area contributed by atoms with E-state index >= 15 is 0 Å². The fourth-order valence-corrected chi connectivity index (χ4v) is 0.827. The topological polar surface area (TPSA) is 26.3 Å². The maximum Gasteiger partial charge on any atom is 0.331 e. The molecule has 0 rings (SSSR count). The van der Waals surface area contributed by atoms with E-state index in [9.17, 15) is 4.79 Å². The lowest BCUT2D eigenvalue weighted by Crippen LogP contribution is -1.95. The summed E-state index contributed by atoms with van der Waals surface area (Å²) in [4.78, 5) is 10.6. The van der Waals surface area contributed by atoms with Crippen LogP contribution in [0.2, 0.25) is 0 Å². The molecule has 0 saturated heterocycles. The Morgan fingerprint density at radius 1 is 1.64 bits per heavy atom. The number of hydrogen-bond acceptors (Lipinski definition) is 2. The zero-order chi connectivity index (χ0) is 8.69. The lowest BCUT2D eigenvalue weighted by atomic mass is 10.2. The molecule has 0 bridgehead atoms. The summed E-state index contributed by atoms with van der Waals surface area (Å²) in [5, 5.41) is 0.568. The van der Waals surface area contributed by atoms with Gasteiger partial charge in [0.1, 0.15) is 0 Å². The van der Waals surface area contributed by atoms with Gasteiger partial charge in [0.05, 0.1) is 7.11 Å². The zero-order valence-corrected chi connectivity index (χ0v) is 7.65. The Morgan fingerprint density at radius 3 is 2.73 bits per heavy atom. The van der Waals surface area contributed by atoms with Gasteiger partial charge in [-0.25, -0.2) is 4.79 Å². The average molecular weight is 177 g/mol. The summed E-state index contributed by atoms with van der Waals surface area (Å²) in [6, 6.07) is 0. The number of halogens is 1. The third-order valence-corrected chi connectivity index (χ3v) is 1.54. The van der Waals surface area contributed by atoms with E-state index in [0.29, 0.717) is 5.03 Å². The quantitative estimate of drug-likeness (QED) is 0.486. The first-order chi connectivity index (χ1) is 5.20. The van der Waals surface area contributed by atoms with Crippen molar-refractivity contribution in [1.29, 1.82) is 0 Å². The van der Waals surface area contributed by atoms with Gasteiger partial charge in [0.25, 0.3) is 0 Å². The van der Waals surface area contributed by atoms with Gasteiger partial charge in [-0.05, 0) is 12.8 Å². The predicted octanol–water partition coefficient (Wildman–Crippen LogP) is 2.47. The Morgan fingerprint density at radius 2 is 2.27 bits per heavy atom. The Hall–Kier alpha value is -0.500. The van der Waals surface area contributed by atoms with E-state index in [0.717, 1.165) is 19.3 Å². The molecule has 0 amide bonds. The largest absolute Gasteiger partial charge is 0.466 e. The highest BCUT2D eigenvalue weighted by Gasteiger charge is 1.97. The minimum atomic E-state index is -0.383. The van der Waals surface area contributed by atoms with Gasteiger partial charge < -0.3 is 4.74 Å². The molecule has 0 aromatic carbocycles. The number of methoxy groups -OCH3 is 1. The van der Waals surface area contributed by atoms with Crippen molar-refractivity contribution in [1.82, 2.24) is 0 Å². The van der Waals surface area contributed by atoms with E-state index < -0.39 is 0 Å². The van der Waals surface area contributed by atoms with Crippen molar-refractivity contribution >= 4 is 17.6 Å². The van der Waals surface area contributed by atoms with Crippen molar-refractivity contribution in [3.05, 3.63) is 11.1 Å². The van der Waals surface area contributed by atoms with Crippen LogP contribution in [0.4, 0.5) is 0 Å². The summed E-state index contributed by atoms with van der Waals surface area (Å²) in [6.07, 6.45) is 4.15. The highest BCUT2D eigenvalue weighted by atomic mass is 35.5. The zero-order valence-electron chi connectivity index (χ0n) is 6.89. The second-order valence-corrected chi connectivity index (χ2v) is 2.70. The van der Waals surface area contributed by atoms with Crippen molar-refractivity contribution in [2.45, 2.75) is 26.2 Å². The minimum Gasteiger partial charge on any atom is -0.466 e. The molecule has 0 aliphatic heterocycles. The summed E-state index contributed by atoms with van der Waals surface area (Å²) in [7, 11) is 1.34. The van der Waals surface area contributed by atoms with Crippen molar-refractivity contribution < 1.29 is 9.53 Å². The van der Waals surface area contributed by atoms with Crippen LogP contribution in [0.1, 0.15) is 26.2 Å². The van der Waals surface area contributed by atoms with E-state index in [1.54, 1.807) is 0 Å². The van der Waals surface area contributed by atoms with Crippen LogP contribution >= 0.6 is 11.6 Å². The third-order valence-electron chi connectivity index (χ3n) is 1.24. The van der Waals surface area contributed by atoms with Crippen LogP contribution in [0, 0.1) is 0 Å². The van der Waals surface area contributed by atoms with Crippen LogP contribution in [0.15, 0.2) is 11.1 Å². The van der Waals surface area contributed by atoms with E-state index in [-0.39, 0.29) is 5.97 Å². The molecule has 0 atom stereocenters. The first-order valence-electron chi connectivity index (χ1n) is 3.64. The number of ether oxygens (including phenoxy) is 1. The number of esters is 1. The van der Waals surface area contributed by atoms with Gasteiger partial charge >= 0.3 is 5.97 Å². The third kappa shape index (κ3) is 5.92. The van der Waals surface area contributed by atoms with Gasteiger partial charge in [0.2, 0.25) is 0 Å². The van der Waals surface area contributed by atoms with Crippen LogP contribution in [0.25, 0.3) is 0 Å². The van der Waals surface area contributed by atoms with E-state index in [1.165, 1.54) is 13.2 Å². The normalized spacial score (nSPS) is 11.4. The van der Waals surface area contributed by atoms with Crippen LogP contribution in [0.3, 0.4) is 0 Å². The molecule has 0 aliphatic carbocycles. The molecule has 64 valence electrons. The molecule has 0 fully saturated rings. The predicted molar refractivity (Wildman–Crippen MR) is 45.5 cm³/mol. The smallest absolute Gasteiger partial charge is 0.331 e. The number of carbonyl (C=O) groups is 1. The second kappa shape index (κ2) is 6.23. The summed E-state index contributed by atoms with van der Waals surface area (Å²) in [5.41, 5.74) is 0. The molecule has 0 radical (unpaired) electrons. The Kier molecular flexibility index (Phi) is 5.94. The van der Waals surface area contributed by atoms with Crippen LogP contribution in [0.5, 0.6) is 0 Å². The molecule has 0 N–H and O–H groups in total. The number of rotatable bonds is 4. The van der Waals surface area contributed by atoms with Gasteiger partial charge in [-0.15, -0.1) is 0 Å². The lowest BCUT2D eigenvalue weighted by molar-refractivity contribution is -0.134. The van der Waals surface area contributed by atoms with Gasteiger partial charge in [-0.1, -0.05) is 24.9 Å². The molecule has 11 heavy (non-hydrogen) atoms. The van der Waals surface area contributed by atoms with E-state index in [2.05, 4.69) is 11.7 Å². The standard InChI is InChI=1S/C8H13ClO2/c1-3-4-5-7(9)6-8(10)11-2/h6H,3-5H2,1-2H3/b7-6-. The fourth-order valence-electron chi connectivity index (χ4n) is 0.605. The van der Waals surface area contributed by atoms with Gasteiger partial charge in [-0.2, -0.15) is 0 Å². The number of unbranched alkanes of at least 4 members (excludes halogenated alkanes) is 1. The summed E-state index contributed by atoms with van der Waals surface area (Å²) in [5.74, 6) is -0.383. The Bertz CT molecular complexity index is 152. The molecule has 0 spiro atoms. The molecule has 3 heteroatoms. The number of allylic oxidation sites excluding steroid dienone is 1. The van der Waals surface area contributed by atoms with Crippen LogP contribution in [-0.2, 0) is 9.53 Å². The maximum atomic E-state index is 10.6. The van der Waals surface area contributed by atoms with E-state index in [4.69, 9.17) is 11.6 Å². The van der Waals surface area contributed by atoms with Crippen molar-refractivity contribution in [2.75, 3.05) is 7.11 Å². The monoisotopic (exact) mass is 176 g/mol. The summed E-state index contributed by atoms with van der Waals surface area (Å²) in [6.45, 7) is 2.07. The lowest BCUT2D eigenvalue weighted by Gasteiger charge is -1.95. The molecule has 0 heterocycles. The first kappa shape index (κ1) is 10.5. The molecule has 0 saturated carbocycles. The van der Waals surface area contributed by atoms with Gasteiger partial charge in [0, 0.05) is 11.1 Å². The molecule has 0 unspecified atom stereocenters. The summed E-state index contributed by atoms with van der Waals surface area (Å²) < 4.78 is 4.40. The molecule has 2 nitrogen and oxygen atoms in total. The number of carbonyl (C=O) groups excluding carboxylic acids is 1. The van der Waals surface area contributed by atoms with Gasteiger partial charge in [0.15, 0.2) is 0 Å². The average Bonchev–Trinajstić information content (AvgIpc) is 2.00. The Labute approximate surface area is 72.2 Å². The summed E-state index contributed by atoms with van der Waals surface area (Å²) >= 11 is 5.69.